The van der Waals surface area contributed by atoms with Crippen LogP contribution in [0.2, 0.25) is 0 Å². The van der Waals surface area contributed by atoms with E-state index in [1.165, 1.54) is 11.8 Å². The minimum Gasteiger partial charge on any atom is -0.359 e. The van der Waals surface area contributed by atoms with Gasteiger partial charge in [0, 0.05) is 12.0 Å². The number of ether oxygens (including phenoxy) is 2. The van der Waals surface area contributed by atoms with E-state index in [0.717, 1.165) is 4.90 Å². The molecule has 0 N–H and O–H groups in total. The Bertz CT molecular complexity index is 300. The van der Waals surface area contributed by atoms with Gasteiger partial charge in [-0.3, -0.25) is 0 Å². The lowest BCUT2D eigenvalue weighted by Gasteiger charge is -1.94. The first-order chi connectivity index (χ1) is 6.93. The number of rotatable bonds is 4. The fourth-order valence-corrected chi connectivity index (χ4v) is 1.33. The molecule has 2 nitrogen and oxygen atoms in total. The Kier molecular flexibility index (Phi) is 5.92. The van der Waals surface area contributed by atoms with Crippen molar-refractivity contribution in [2.24, 2.45) is 0 Å². The summed E-state index contributed by atoms with van der Waals surface area (Å²) in [6, 6.07) is 10.0. The van der Waals surface area contributed by atoms with Crippen molar-refractivity contribution in [2.75, 3.05) is 20.5 Å². The SMILES string of the molecule is COCOCC#CSc1ccccc1. The molecule has 0 fully saturated rings. The highest BCUT2D eigenvalue weighted by Crippen LogP contribution is 2.14. The molecular formula is C11H12O2S. The molecule has 0 spiro atoms. The quantitative estimate of drug-likeness (QED) is 0.327. The third-order valence-corrected chi connectivity index (χ3v) is 2.11. The first-order valence-corrected chi connectivity index (χ1v) is 5.01. The van der Waals surface area contributed by atoms with Crippen LogP contribution < -0.4 is 0 Å². The van der Waals surface area contributed by atoms with Gasteiger partial charge in [-0.25, -0.2) is 0 Å². The smallest absolute Gasteiger partial charge is 0.147 e. The van der Waals surface area contributed by atoms with Gasteiger partial charge in [-0.15, -0.1) is 0 Å². The predicted octanol–water partition coefficient (Wildman–Crippen LogP) is 2.36. The third-order valence-electron chi connectivity index (χ3n) is 1.36. The van der Waals surface area contributed by atoms with Crippen LogP contribution in [0.1, 0.15) is 0 Å². The molecule has 3 heteroatoms. The average Bonchev–Trinajstić information content (AvgIpc) is 2.25. The highest BCUT2D eigenvalue weighted by atomic mass is 32.2. The summed E-state index contributed by atoms with van der Waals surface area (Å²) in [6.07, 6.45) is 0. The Balaban J connectivity index is 2.20. The van der Waals surface area contributed by atoms with Gasteiger partial charge in [0.05, 0.1) is 0 Å². The zero-order valence-electron chi connectivity index (χ0n) is 8.03. The zero-order chi connectivity index (χ0) is 10.1. The maximum atomic E-state index is 5.01. The molecule has 1 rings (SSSR count). The van der Waals surface area contributed by atoms with Crippen LogP contribution in [0.15, 0.2) is 35.2 Å². The van der Waals surface area contributed by atoms with Crippen LogP contribution in [0.5, 0.6) is 0 Å². The van der Waals surface area contributed by atoms with Gasteiger partial charge in [0.25, 0.3) is 0 Å². The summed E-state index contributed by atoms with van der Waals surface area (Å²) < 4.78 is 9.72. The lowest BCUT2D eigenvalue weighted by Crippen LogP contribution is -1.95. The van der Waals surface area contributed by atoms with Gasteiger partial charge < -0.3 is 9.47 Å². The molecule has 0 aliphatic carbocycles. The largest absolute Gasteiger partial charge is 0.359 e. The number of methoxy groups -OCH3 is 1. The van der Waals surface area contributed by atoms with E-state index in [1.54, 1.807) is 7.11 Å². The van der Waals surface area contributed by atoms with E-state index >= 15 is 0 Å². The van der Waals surface area contributed by atoms with Gasteiger partial charge in [0.15, 0.2) is 0 Å². The monoisotopic (exact) mass is 208 g/mol. The lowest BCUT2D eigenvalue weighted by atomic mass is 10.4. The van der Waals surface area contributed by atoms with Gasteiger partial charge in [-0.05, 0) is 29.1 Å². The summed E-state index contributed by atoms with van der Waals surface area (Å²) in [7, 11) is 1.59. The summed E-state index contributed by atoms with van der Waals surface area (Å²) in [6.45, 7) is 0.707. The van der Waals surface area contributed by atoms with E-state index in [0.29, 0.717) is 13.4 Å². The molecule has 0 atom stereocenters. The maximum absolute atomic E-state index is 5.01. The molecule has 0 aliphatic rings. The van der Waals surface area contributed by atoms with Crippen molar-refractivity contribution < 1.29 is 9.47 Å². The minimum absolute atomic E-state index is 0.296. The first kappa shape index (κ1) is 11.1. The molecule has 0 unspecified atom stereocenters. The number of benzene rings is 1. The molecule has 14 heavy (non-hydrogen) atoms. The number of thioether (sulfide) groups is 1. The second-order valence-corrected chi connectivity index (χ2v) is 3.33. The molecule has 0 amide bonds. The highest BCUT2D eigenvalue weighted by Gasteiger charge is 1.85. The van der Waals surface area contributed by atoms with Crippen molar-refractivity contribution in [1.29, 1.82) is 0 Å². The van der Waals surface area contributed by atoms with Crippen LogP contribution in [0.3, 0.4) is 0 Å². The predicted molar refractivity (Wildman–Crippen MR) is 57.9 cm³/mol. The van der Waals surface area contributed by atoms with Gasteiger partial charge >= 0.3 is 0 Å². The van der Waals surface area contributed by atoms with Crippen LogP contribution in [0, 0.1) is 11.2 Å². The lowest BCUT2D eigenvalue weighted by molar-refractivity contribution is -0.0165. The molecule has 1 aromatic rings. The van der Waals surface area contributed by atoms with E-state index < -0.39 is 0 Å². The average molecular weight is 208 g/mol. The van der Waals surface area contributed by atoms with Crippen molar-refractivity contribution in [2.45, 2.75) is 4.90 Å². The van der Waals surface area contributed by atoms with Crippen LogP contribution in [-0.4, -0.2) is 20.5 Å². The van der Waals surface area contributed by atoms with Crippen molar-refractivity contribution >= 4 is 11.8 Å². The first-order valence-electron chi connectivity index (χ1n) is 4.20. The summed E-state index contributed by atoms with van der Waals surface area (Å²) in [5.74, 6) is 2.88. The Morgan fingerprint density at radius 2 is 2.07 bits per heavy atom. The molecule has 0 saturated carbocycles. The molecular weight excluding hydrogens is 196 g/mol. The molecule has 0 aromatic heterocycles. The normalized spacial score (nSPS) is 9.21. The molecule has 0 radical (unpaired) electrons. The summed E-state index contributed by atoms with van der Waals surface area (Å²) >= 11 is 1.50. The Morgan fingerprint density at radius 3 is 2.79 bits per heavy atom. The van der Waals surface area contributed by atoms with E-state index in [2.05, 4.69) is 11.2 Å². The molecule has 74 valence electrons. The Labute approximate surface area is 88.6 Å². The van der Waals surface area contributed by atoms with Crippen molar-refractivity contribution in [3.8, 4) is 11.2 Å². The fourth-order valence-electron chi connectivity index (χ4n) is 0.789. The summed E-state index contributed by atoms with van der Waals surface area (Å²) in [5, 5.41) is 2.95. The minimum atomic E-state index is 0.296. The summed E-state index contributed by atoms with van der Waals surface area (Å²) in [5.41, 5.74) is 0. The fraction of sp³-hybridized carbons (Fsp3) is 0.273. The van der Waals surface area contributed by atoms with Crippen molar-refractivity contribution in [3.63, 3.8) is 0 Å². The van der Waals surface area contributed by atoms with Crippen LogP contribution in [0.25, 0.3) is 0 Å². The molecule has 0 bridgehead atoms. The number of hydrogen-bond acceptors (Lipinski definition) is 3. The Hall–Kier alpha value is -0.950. The number of hydrogen-bond donors (Lipinski definition) is 0. The second-order valence-electron chi connectivity index (χ2n) is 2.45. The van der Waals surface area contributed by atoms with E-state index in [1.807, 2.05) is 30.3 Å². The van der Waals surface area contributed by atoms with Crippen molar-refractivity contribution in [3.05, 3.63) is 30.3 Å². The van der Waals surface area contributed by atoms with Crippen molar-refractivity contribution in [1.82, 2.24) is 0 Å². The van der Waals surface area contributed by atoms with Gasteiger partial charge in [-0.2, -0.15) is 0 Å². The zero-order valence-corrected chi connectivity index (χ0v) is 8.84. The highest BCUT2D eigenvalue weighted by molar-refractivity contribution is 8.03. The van der Waals surface area contributed by atoms with Crippen LogP contribution in [0.4, 0.5) is 0 Å². The van der Waals surface area contributed by atoms with Gasteiger partial charge in [-0.1, -0.05) is 24.1 Å². The maximum Gasteiger partial charge on any atom is 0.147 e. The van der Waals surface area contributed by atoms with E-state index in [-0.39, 0.29) is 0 Å². The van der Waals surface area contributed by atoms with E-state index in [4.69, 9.17) is 9.47 Å². The molecule has 0 aliphatic heterocycles. The third kappa shape index (κ3) is 4.93. The second kappa shape index (κ2) is 7.45. The molecule has 1 aromatic carbocycles. The van der Waals surface area contributed by atoms with Crippen LogP contribution >= 0.6 is 11.8 Å². The Morgan fingerprint density at radius 1 is 1.29 bits per heavy atom. The van der Waals surface area contributed by atoms with Gasteiger partial charge in [0.2, 0.25) is 0 Å². The topological polar surface area (TPSA) is 18.5 Å². The molecule has 0 heterocycles. The molecule has 0 saturated heterocycles. The van der Waals surface area contributed by atoms with Crippen LogP contribution in [-0.2, 0) is 9.47 Å². The summed E-state index contributed by atoms with van der Waals surface area (Å²) in [4.78, 5) is 1.15. The van der Waals surface area contributed by atoms with E-state index in [9.17, 15) is 0 Å². The standard InChI is InChI=1S/C11H12O2S/c1-12-10-13-8-5-9-14-11-6-3-2-4-7-11/h2-4,6-7H,8,10H2,1H3. The van der Waals surface area contributed by atoms with Gasteiger partial charge in [0.1, 0.15) is 13.4 Å².